The molecule has 1 aromatic carbocycles. The molecule has 0 aromatic heterocycles. The molecule has 120 valence electrons. The van der Waals surface area contributed by atoms with Crippen LogP contribution in [0.5, 0.6) is 0 Å². The number of benzene rings is 1. The number of nitrogens with one attached hydrogen (secondary N) is 2. The van der Waals surface area contributed by atoms with Gasteiger partial charge in [0.2, 0.25) is 5.91 Å². The van der Waals surface area contributed by atoms with Crippen molar-refractivity contribution < 1.29 is 9.59 Å². The van der Waals surface area contributed by atoms with Gasteiger partial charge in [-0.25, -0.2) is 4.79 Å². The van der Waals surface area contributed by atoms with E-state index in [2.05, 4.69) is 26.6 Å². The van der Waals surface area contributed by atoms with E-state index in [0.29, 0.717) is 0 Å². The standard InChI is InChI=1S/C16H21BrN2O2S/c1-11(22-14-10-6-5-9-13(14)17)15(20)19-16(21)18-12-7-3-2-4-8-12/h5-6,9-12H,2-4,7-8H2,1H3,(H2,18,19,20,21). The minimum Gasteiger partial charge on any atom is -0.335 e. The van der Waals surface area contributed by atoms with Crippen molar-refractivity contribution in [1.29, 1.82) is 0 Å². The highest BCUT2D eigenvalue weighted by atomic mass is 79.9. The zero-order chi connectivity index (χ0) is 15.9. The highest BCUT2D eigenvalue weighted by molar-refractivity contribution is 9.10. The Hall–Kier alpha value is -1.01. The Balaban J connectivity index is 1.80. The van der Waals surface area contributed by atoms with Crippen molar-refractivity contribution in [1.82, 2.24) is 10.6 Å². The smallest absolute Gasteiger partial charge is 0.321 e. The Morgan fingerprint density at radius 3 is 2.59 bits per heavy atom. The van der Waals surface area contributed by atoms with Crippen LogP contribution in [-0.2, 0) is 4.79 Å². The maximum atomic E-state index is 12.1. The van der Waals surface area contributed by atoms with Crippen LogP contribution >= 0.6 is 27.7 Å². The molecule has 1 atom stereocenters. The highest BCUT2D eigenvalue weighted by Gasteiger charge is 2.20. The van der Waals surface area contributed by atoms with E-state index in [4.69, 9.17) is 0 Å². The number of carbonyl (C=O) groups is 2. The van der Waals surface area contributed by atoms with Crippen LogP contribution in [0.2, 0.25) is 0 Å². The molecule has 4 nitrogen and oxygen atoms in total. The Kier molecular flexibility index (Phi) is 6.76. The van der Waals surface area contributed by atoms with Gasteiger partial charge in [-0.3, -0.25) is 10.1 Å². The summed E-state index contributed by atoms with van der Waals surface area (Å²) in [5, 5.41) is 4.99. The van der Waals surface area contributed by atoms with Gasteiger partial charge >= 0.3 is 6.03 Å². The molecular formula is C16H21BrN2O2S. The fraction of sp³-hybridized carbons (Fsp3) is 0.500. The van der Waals surface area contributed by atoms with Crippen molar-refractivity contribution in [2.45, 2.75) is 55.2 Å². The van der Waals surface area contributed by atoms with Gasteiger partial charge in [0.15, 0.2) is 0 Å². The van der Waals surface area contributed by atoms with E-state index in [1.54, 1.807) is 6.92 Å². The molecule has 1 fully saturated rings. The van der Waals surface area contributed by atoms with Crippen molar-refractivity contribution in [3.8, 4) is 0 Å². The van der Waals surface area contributed by atoms with Crippen molar-refractivity contribution in [2.75, 3.05) is 0 Å². The monoisotopic (exact) mass is 384 g/mol. The Labute approximate surface area is 143 Å². The molecule has 0 radical (unpaired) electrons. The van der Waals surface area contributed by atoms with Crippen LogP contribution in [0, 0.1) is 0 Å². The number of hydrogen-bond acceptors (Lipinski definition) is 3. The van der Waals surface area contributed by atoms with Gasteiger partial charge < -0.3 is 5.32 Å². The summed E-state index contributed by atoms with van der Waals surface area (Å²) in [6.45, 7) is 1.80. The molecule has 1 aromatic rings. The van der Waals surface area contributed by atoms with E-state index >= 15 is 0 Å². The SMILES string of the molecule is CC(Sc1ccccc1Br)C(=O)NC(=O)NC1CCCCC1. The number of carbonyl (C=O) groups excluding carboxylic acids is 2. The molecule has 1 aliphatic rings. The van der Waals surface area contributed by atoms with Crippen LogP contribution in [0.3, 0.4) is 0 Å². The zero-order valence-electron chi connectivity index (χ0n) is 12.6. The average Bonchev–Trinajstić information content (AvgIpc) is 2.50. The van der Waals surface area contributed by atoms with E-state index in [9.17, 15) is 9.59 Å². The van der Waals surface area contributed by atoms with Crippen molar-refractivity contribution in [2.24, 2.45) is 0 Å². The molecule has 0 heterocycles. The van der Waals surface area contributed by atoms with E-state index < -0.39 is 0 Å². The predicted molar refractivity (Wildman–Crippen MR) is 93.0 cm³/mol. The molecule has 2 rings (SSSR count). The van der Waals surface area contributed by atoms with E-state index in [0.717, 1.165) is 35.1 Å². The van der Waals surface area contributed by atoms with Crippen LogP contribution in [0.1, 0.15) is 39.0 Å². The molecule has 6 heteroatoms. The molecule has 0 bridgehead atoms. The van der Waals surface area contributed by atoms with E-state index in [1.807, 2.05) is 24.3 Å². The first-order chi connectivity index (χ1) is 10.6. The van der Waals surface area contributed by atoms with Crippen LogP contribution in [0.4, 0.5) is 4.79 Å². The molecule has 0 aliphatic heterocycles. The summed E-state index contributed by atoms with van der Waals surface area (Å²) in [7, 11) is 0. The van der Waals surface area contributed by atoms with E-state index in [1.165, 1.54) is 18.2 Å². The number of urea groups is 1. The lowest BCUT2D eigenvalue weighted by atomic mass is 9.96. The fourth-order valence-corrected chi connectivity index (χ4v) is 3.92. The second kappa shape index (κ2) is 8.58. The Bertz CT molecular complexity index is 533. The first-order valence-electron chi connectivity index (χ1n) is 7.59. The first-order valence-corrected chi connectivity index (χ1v) is 9.26. The van der Waals surface area contributed by atoms with Gasteiger partial charge in [0.25, 0.3) is 0 Å². The third-order valence-electron chi connectivity index (χ3n) is 3.69. The van der Waals surface area contributed by atoms with Gasteiger partial charge in [-0.2, -0.15) is 0 Å². The van der Waals surface area contributed by atoms with Crippen molar-refractivity contribution in [3.63, 3.8) is 0 Å². The minimum atomic E-state index is -0.378. The van der Waals surface area contributed by atoms with Crippen LogP contribution < -0.4 is 10.6 Å². The number of hydrogen-bond donors (Lipinski definition) is 2. The maximum Gasteiger partial charge on any atom is 0.321 e. The second-order valence-corrected chi connectivity index (χ2v) is 7.73. The van der Waals surface area contributed by atoms with Crippen molar-refractivity contribution >= 4 is 39.6 Å². The van der Waals surface area contributed by atoms with Gasteiger partial charge in [0, 0.05) is 15.4 Å². The second-order valence-electron chi connectivity index (χ2n) is 5.49. The molecule has 22 heavy (non-hydrogen) atoms. The third kappa shape index (κ3) is 5.32. The zero-order valence-corrected chi connectivity index (χ0v) is 15.0. The number of amides is 3. The summed E-state index contributed by atoms with van der Waals surface area (Å²) < 4.78 is 0.950. The van der Waals surface area contributed by atoms with Gasteiger partial charge in [-0.05, 0) is 47.8 Å². The topological polar surface area (TPSA) is 58.2 Å². The largest absolute Gasteiger partial charge is 0.335 e. The highest BCUT2D eigenvalue weighted by Crippen LogP contribution is 2.30. The maximum absolute atomic E-state index is 12.1. The number of halogens is 1. The molecule has 2 N–H and O–H groups in total. The first kappa shape index (κ1) is 17.3. The van der Waals surface area contributed by atoms with Gasteiger partial charge in [-0.15, -0.1) is 11.8 Å². The summed E-state index contributed by atoms with van der Waals surface area (Å²) in [6, 6.07) is 7.55. The molecule has 3 amide bonds. The Morgan fingerprint density at radius 1 is 1.23 bits per heavy atom. The molecule has 1 aliphatic carbocycles. The van der Waals surface area contributed by atoms with Crippen molar-refractivity contribution in [3.05, 3.63) is 28.7 Å². The van der Waals surface area contributed by atoms with Gasteiger partial charge in [0.1, 0.15) is 0 Å². The quantitative estimate of drug-likeness (QED) is 0.768. The average molecular weight is 385 g/mol. The summed E-state index contributed by atoms with van der Waals surface area (Å²) in [6.07, 6.45) is 5.53. The lowest BCUT2D eigenvalue weighted by molar-refractivity contribution is -0.119. The summed E-state index contributed by atoms with van der Waals surface area (Å²) >= 11 is 4.89. The predicted octanol–water partition coefficient (Wildman–Crippen LogP) is 4.09. The third-order valence-corrected chi connectivity index (χ3v) is 5.82. The molecule has 1 saturated carbocycles. The Morgan fingerprint density at radius 2 is 1.91 bits per heavy atom. The number of imide groups is 1. The van der Waals surface area contributed by atoms with Gasteiger partial charge in [0.05, 0.1) is 5.25 Å². The normalized spacial score (nSPS) is 16.8. The number of thioether (sulfide) groups is 1. The molecular weight excluding hydrogens is 364 g/mol. The lowest BCUT2D eigenvalue weighted by Gasteiger charge is -2.23. The van der Waals surface area contributed by atoms with E-state index in [-0.39, 0.29) is 23.2 Å². The van der Waals surface area contributed by atoms with Crippen LogP contribution in [-0.4, -0.2) is 23.2 Å². The number of rotatable bonds is 4. The molecule has 0 saturated heterocycles. The molecule has 0 spiro atoms. The summed E-state index contributed by atoms with van der Waals surface area (Å²) in [5.74, 6) is -0.269. The lowest BCUT2D eigenvalue weighted by Crippen LogP contribution is -2.47. The summed E-state index contributed by atoms with van der Waals surface area (Å²) in [4.78, 5) is 25.0. The molecule has 1 unspecified atom stereocenters. The van der Waals surface area contributed by atoms with Gasteiger partial charge in [-0.1, -0.05) is 31.4 Å². The summed E-state index contributed by atoms with van der Waals surface area (Å²) in [5.41, 5.74) is 0. The fourth-order valence-electron chi connectivity index (χ4n) is 2.47. The van der Waals surface area contributed by atoms with Crippen LogP contribution in [0.15, 0.2) is 33.6 Å². The minimum absolute atomic E-state index is 0.202. The van der Waals surface area contributed by atoms with Crippen LogP contribution in [0.25, 0.3) is 0 Å².